The molecular weight excluding hydrogens is 565 g/mol. The standard InChI is InChI=1S/C27H23Cl2N3O6S/c1-3-17-21(10-12-23(24(17)29)39(35,36)37)31-32-25-18-8-6-5-7-15(18)13-19(26(25)33)27(34)30-16-9-11-22(38-4-2)20(28)14-16/h5-14,33H,3-4H2,1-2H3,(H,30,34)(H,35,36,37). The molecule has 0 radical (unpaired) electrons. The van der Waals surface area contributed by atoms with Crippen molar-refractivity contribution in [3.8, 4) is 11.5 Å². The van der Waals surface area contributed by atoms with Crippen LogP contribution < -0.4 is 10.1 Å². The van der Waals surface area contributed by atoms with Gasteiger partial charge in [0.25, 0.3) is 16.0 Å². The molecule has 0 bridgehead atoms. The third-order valence-electron chi connectivity index (χ3n) is 5.80. The van der Waals surface area contributed by atoms with Crippen molar-refractivity contribution in [3.63, 3.8) is 0 Å². The van der Waals surface area contributed by atoms with Crippen molar-refractivity contribution < 1.29 is 27.6 Å². The van der Waals surface area contributed by atoms with Crippen molar-refractivity contribution in [1.82, 2.24) is 0 Å². The lowest BCUT2D eigenvalue weighted by molar-refractivity contribution is 0.102. The number of aromatic hydroxyl groups is 1. The summed E-state index contributed by atoms with van der Waals surface area (Å²) in [6.45, 7) is 4.00. The number of carbonyl (C=O) groups excluding carboxylic acids is 1. The molecule has 4 aromatic rings. The number of benzene rings is 4. The van der Waals surface area contributed by atoms with Gasteiger partial charge in [0.05, 0.1) is 27.9 Å². The molecule has 0 aliphatic heterocycles. The van der Waals surface area contributed by atoms with Crippen molar-refractivity contribution in [2.45, 2.75) is 25.2 Å². The number of hydrogen-bond acceptors (Lipinski definition) is 7. The van der Waals surface area contributed by atoms with Crippen molar-refractivity contribution in [1.29, 1.82) is 0 Å². The van der Waals surface area contributed by atoms with Crippen LogP contribution in [-0.2, 0) is 16.5 Å². The minimum Gasteiger partial charge on any atom is -0.505 e. The van der Waals surface area contributed by atoms with Crippen LogP contribution in [0.2, 0.25) is 10.0 Å². The fourth-order valence-corrected chi connectivity index (χ4v) is 5.37. The van der Waals surface area contributed by atoms with Crippen molar-refractivity contribution in [2.24, 2.45) is 10.2 Å². The summed E-state index contributed by atoms with van der Waals surface area (Å²) in [5, 5.41) is 23.6. The Labute approximate surface area is 234 Å². The molecule has 3 N–H and O–H groups in total. The number of anilines is 1. The predicted octanol–water partition coefficient (Wildman–Crippen LogP) is 7.73. The first kappa shape index (κ1) is 28.3. The number of azo groups is 1. The molecule has 0 aliphatic carbocycles. The third kappa shape index (κ3) is 5.99. The number of fused-ring (bicyclic) bond motifs is 1. The molecule has 0 unspecified atom stereocenters. The van der Waals surface area contributed by atoms with Gasteiger partial charge in [0.2, 0.25) is 0 Å². The monoisotopic (exact) mass is 587 g/mol. The number of carbonyl (C=O) groups is 1. The normalized spacial score (nSPS) is 11.7. The Kier molecular flexibility index (Phi) is 8.41. The molecule has 0 aromatic heterocycles. The summed E-state index contributed by atoms with van der Waals surface area (Å²) in [7, 11) is -4.54. The number of phenols is 1. The van der Waals surface area contributed by atoms with E-state index in [9.17, 15) is 22.9 Å². The van der Waals surface area contributed by atoms with Crippen LogP contribution in [-0.4, -0.2) is 30.6 Å². The van der Waals surface area contributed by atoms with Gasteiger partial charge in [-0.3, -0.25) is 9.35 Å². The zero-order valence-electron chi connectivity index (χ0n) is 20.8. The van der Waals surface area contributed by atoms with Gasteiger partial charge in [0, 0.05) is 11.1 Å². The second kappa shape index (κ2) is 11.6. The Morgan fingerprint density at radius 3 is 2.44 bits per heavy atom. The molecule has 39 heavy (non-hydrogen) atoms. The number of hydrogen-bond donors (Lipinski definition) is 3. The summed E-state index contributed by atoms with van der Waals surface area (Å²) in [5.41, 5.74) is 0.936. The number of rotatable bonds is 8. The van der Waals surface area contributed by atoms with Gasteiger partial charge in [-0.25, -0.2) is 0 Å². The summed E-state index contributed by atoms with van der Waals surface area (Å²) in [5.74, 6) is -0.542. The Hall–Kier alpha value is -3.70. The summed E-state index contributed by atoms with van der Waals surface area (Å²) in [6, 6.07) is 15.8. The Bertz CT molecular complexity index is 1720. The van der Waals surface area contributed by atoms with Gasteiger partial charge in [0.1, 0.15) is 16.3 Å². The zero-order valence-corrected chi connectivity index (χ0v) is 23.1. The smallest absolute Gasteiger partial charge is 0.296 e. The highest BCUT2D eigenvalue weighted by molar-refractivity contribution is 7.86. The lowest BCUT2D eigenvalue weighted by Crippen LogP contribution is -2.12. The van der Waals surface area contributed by atoms with Crippen LogP contribution in [0.15, 0.2) is 75.8 Å². The van der Waals surface area contributed by atoms with E-state index in [1.807, 2.05) is 6.92 Å². The molecule has 0 atom stereocenters. The van der Waals surface area contributed by atoms with Gasteiger partial charge in [-0.2, -0.15) is 13.5 Å². The minimum absolute atomic E-state index is 0.0278. The summed E-state index contributed by atoms with van der Waals surface area (Å²) >= 11 is 12.5. The largest absolute Gasteiger partial charge is 0.505 e. The van der Waals surface area contributed by atoms with E-state index in [1.165, 1.54) is 18.2 Å². The molecule has 0 heterocycles. The van der Waals surface area contributed by atoms with Crippen molar-refractivity contribution >= 4 is 67.1 Å². The van der Waals surface area contributed by atoms with E-state index in [2.05, 4.69) is 15.5 Å². The molecule has 0 saturated heterocycles. The second-order valence-electron chi connectivity index (χ2n) is 8.28. The molecule has 202 valence electrons. The van der Waals surface area contributed by atoms with Crippen LogP contribution in [0.25, 0.3) is 10.8 Å². The van der Waals surface area contributed by atoms with Gasteiger partial charge in [-0.05, 0) is 60.7 Å². The fraction of sp³-hybridized carbons (Fsp3) is 0.148. The SMILES string of the molecule is CCOc1ccc(NC(=O)c2cc3ccccc3c(N=Nc3ccc(S(=O)(=O)O)c(Cl)c3CC)c2O)cc1Cl. The summed E-state index contributed by atoms with van der Waals surface area (Å²) in [4.78, 5) is 12.7. The fourth-order valence-electron chi connectivity index (χ4n) is 3.96. The van der Waals surface area contributed by atoms with Crippen molar-refractivity contribution in [2.75, 3.05) is 11.9 Å². The van der Waals surface area contributed by atoms with Crippen LogP contribution >= 0.6 is 23.2 Å². The van der Waals surface area contributed by atoms with E-state index in [0.29, 0.717) is 39.4 Å². The number of phenolic OH excluding ortho intramolecular Hbond substituents is 1. The maximum atomic E-state index is 13.2. The van der Waals surface area contributed by atoms with Crippen molar-refractivity contribution in [3.05, 3.63) is 81.8 Å². The van der Waals surface area contributed by atoms with E-state index in [1.54, 1.807) is 43.3 Å². The second-order valence-corrected chi connectivity index (χ2v) is 10.5. The minimum atomic E-state index is -4.54. The van der Waals surface area contributed by atoms with Gasteiger partial charge in [-0.1, -0.05) is 54.4 Å². The average Bonchev–Trinajstić information content (AvgIpc) is 2.88. The van der Waals surface area contributed by atoms with Gasteiger partial charge in [0.15, 0.2) is 5.75 Å². The lowest BCUT2D eigenvalue weighted by Gasteiger charge is -2.13. The van der Waals surface area contributed by atoms with E-state index in [4.69, 9.17) is 27.9 Å². The Morgan fingerprint density at radius 2 is 1.77 bits per heavy atom. The van der Waals surface area contributed by atoms with Gasteiger partial charge in [-0.15, -0.1) is 5.11 Å². The van der Waals surface area contributed by atoms with E-state index in [-0.39, 0.29) is 28.4 Å². The maximum Gasteiger partial charge on any atom is 0.296 e. The predicted molar refractivity (Wildman–Crippen MR) is 151 cm³/mol. The van der Waals surface area contributed by atoms with E-state index < -0.39 is 26.7 Å². The molecule has 4 aromatic carbocycles. The number of nitrogens with zero attached hydrogens (tertiary/aromatic N) is 2. The van der Waals surface area contributed by atoms with Crippen LogP contribution in [0.1, 0.15) is 29.8 Å². The number of amides is 1. The maximum absolute atomic E-state index is 13.2. The van der Waals surface area contributed by atoms with Crippen LogP contribution in [0.4, 0.5) is 17.1 Å². The number of halogens is 2. The molecule has 1 amide bonds. The molecule has 4 rings (SSSR count). The Morgan fingerprint density at radius 1 is 1.03 bits per heavy atom. The average molecular weight is 588 g/mol. The van der Waals surface area contributed by atoms with Crippen LogP contribution in [0.3, 0.4) is 0 Å². The first-order valence-corrected chi connectivity index (χ1v) is 13.9. The van der Waals surface area contributed by atoms with Crippen LogP contribution in [0, 0.1) is 0 Å². The summed E-state index contributed by atoms with van der Waals surface area (Å²) < 4.78 is 38.1. The summed E-state index contributed by atoms with van der Waals surface area (Å²) in [6.07, 6.45) is 0.288. The third-order valence-corrected chi connectivity index (χ3v) is 7.54. The molecule has 9 nitrogen and oxygen atoms in total. The number of ether oxygens (including phenoxy) is 1. The molecule has 12 heteroatoms. The highest BCUT2D eigenvalue weighted by Crippen LogP contribution is 2.41. The zero-order chi connectivity index (χ0) is 28.3. The topological polar surface area (TPSA) is 138 Å². The van der Waals surface area contributed by atoms with E-state index >= 15 is 0 Å². The highest BCUT2D eigenvalue weighted by atomic mass is 35.5. The lowest BCUT2D eigenvalue weighted by atomic mass is 10.0. The molecule has 0 fully saturated rings. The molecular formula is C27H23Cl2N3O6S. The molecule has 0 spiro atoms. The quantitative estimate of drug-likeness (QED) is 0.142. The Balaban J connectivity index is 1.76. The number of nitrogens with one attached hydrogen (secondary N) is 1. The first-order chi connectivity index (χ1) is 18.5. The van der Waals surface area contributed by atoms with Crippen LogP contribution in [0.5, 0.6) is 11.5 Å². The van der Waals surface area contributed by atoms with Gasteiger partial charge >= 0.3 is 0 Å². The van der Waals surface area contributed by atoms with E-state index in [0.717, 1.165) is 6.07 Å². The first-order valence-electron chi connectivity index (χ1n) is 11.7. The van der Waals surface area contributed by atoms with Gasteiger partial charge < -0.3 is 15.2 Å². The highest BCUT2D eigenvalue weighted by Gasteiger charge is 2.21. The molecule has 0 saturated carbocycles. The molecule has 0 aliphatic rings.